The largest absolute Gasteiger partial charge is 0.492 e. The number of benzene rings is 1. The summed E-state index contributed by atoms with van der Waals surface area (Å²) in [4.78, 5) is 4.69. The zero-order valence-electron chi connectivity index (χ0n) is 14.3. The molecule has 23 heavy (non-hydrogen) atoms. The van der Waals surface area contributed by atoms with E-state index in [1.54, 1.807) is 0 Å². The van der Waals surface area contributed by atoms with Gasteiger partial charge in [0.1, 0.15) is 12.4 Å². The Morgan fingerprint density at radius 3 is 2.65 bits per heavy atom. The molecule has 1 saturated heterocycles. The highest BCUT2D eigenvalue weighted by molar-refractivity contribution is 5.56. The monoisotopic (exact) mass is 316 g/mol. The third kappa shape index (κ3) is 5.42. The summed E-state index contributed by atoms with van der Waals surface area (Å²) in [6, 6.07) is 8.09. The Kier molecular flexibility index (Phi) is 7.18. The molecule has 1 aromatic rings. The number of nitrogens with one attached hydrogen (secondary N) is 1. The second-order valence-electron chi connectivity index (χ2n) is 5.85. The van der Waals surface area contributed by atoms with Crippen LogP contribution in [0.15, 0.2) is 18.2 Å². The third-order valence-corrected chi connectivity index (χ3v) is 4.17. The van der Waals surface area contributed by atoms with Gasteiger partial charge in [-0.3, -0.25) is 0 Å². The second-order valence-corrected chi connectivity index (χ2v) is 5.85. The van der Waals surface area contributed by atoms with E-state index in [2.05, 4.69) is 41.1 Å². The predicted octanol–water partition coefficient (Wildman–Crippen LogP) is 2.08. The first-order valence-electron chi connectivity index (χ1n) is 8.62. The first-order valence-corrected chi connectivity index (χ1v) is 8.62. The molecule has 0 aliphatic carbocycles. The molecule has 0 unspecified atom stereocenters. The fraction of sp³-hybridized carbons (Fsp3) is 0.611. The lowest BCUT2D eigenvalue weighted by Gasteiger charge is -2.30. The van der Waals surface area contributed by atoms with Crippen molar-refractivity contribution in [1.29, 1.82) is 5.26 Å². The summed E-state index contributed by atoms with van der Waals surface area (Å²) in [5.41, 5.74) is 1.75. The molecule has 126 valence electrons. The minimum absolute atomic E-state index is 0.656. The van der Waals surface area contributed by atoms with Crippen LogP contribution in [0, 0.1) is 11.3 Å². The van der Waals surface area contributed by atoms with Gasteiger partial charge in [0.2, 0.25) is 0 Å². The van der Waals surface area contributed by atoms with Crippen LogP contribution >= 0.6 is 0 Å². The molecule has 0 aromatic heterocycles. The number of rotatable bonds is 8. The van der Waals surface area contributed by atoms with E-state index in [9.17, 15) is 5.26 Å². The lowest BCUT2D eigenvalue weighted by atomic mass is 10.1. The molecule has 1 aliphatic heterocycles. The van der Waals surface area contributed by atoms with Gasteiger partial charge in [-0.15, -0.1) is 0 Å². The maximum absolute atomic E-state index is 9.26. The van der Waals surface area contributed by atoms with Gasteiger partial charge >= 0.3 is 0 Å². The topological polar surface area (TPSA) is 51.5 Å². The van der Waals surface area contributed by atoms with Crippen molar-refractivity contribution in [1.82, 2.24) is 10.2 Å². The van der Waals surface area contributed by atoms with Crippen LogP contribution in [0.3, 0.4) is 0 Å². The summed E-state index contributed by atoms with van der Waals surface area (Å²) < 4.78 is 5.92. The number of ether oxygens (including phenoxy) is 1. The molecule has 0 bridgehead atoms. The van der Waals surface area contributed by atoms with E-state index in [0.29, 0.717) is 12.2 Å². The molecule has 0 saturated carbocycles. The highest BCUT2D eigenvalue weighted by atomic mass is 16.5. The summed E-state index contributed by atoms with van der Waals surface area (Å²) in [5.74, 6) is 0.796. The fourth-order valence-corrected chi connectivity index (χ4v) is 2.87. The molecule has 5 heteroatoms. The van der Waals surface area contributed by atoms with E-state index in [1.807, 2.05) is 12.1 Å². The summed E-state index contributed by atoms with van der Waals surface area (Å²) >= 11 is 0. The van der Waals surface area contributed by atoms with Crippen LogP contribution in [0.2, 0.25) is 0 Å². The zero-order valence-corrected chi connectivity index (χ0v) is 14.3. The van der Waals surface area contributed by atoms with Crippen LogP contribution in [-0.4, -0.2) is 57.3 Å². The minimum atomic E-state index is 0.656. The maximum atomic E-state index is 9.26. The van der Waals surface area contributed by atoms with Crippen molar-refractivity contribution in [3.63, 3.8) is 0 Å². The molecule has 1 fully saturated rings. The number of hydrogen-bond acceptors (Lipinski definition) is 5. The summed E-state index contributed by atoms with van der Waals surface area (Å²) in [7, 11) is 0. The Balaban J connectivity index is 1.99. The molecule has 5 nitrogen and oxygen atoms in total. The minimum Gasteiger partial charge on any atom is -0.492 e. The average Bonchev–Trinajstić information content (AvgIpc) is 2.61. The van der Waals surface area contributed by atoms with Crippen LogP contribution in [0.5, 0.6) is 5.75 Å². The van der Waals surface area contributed by atoms with Gasteiger partial charge in [-0.2, -0.15) is 5.26 Å². The number of nitrogens with zero attached hydrogens (tertiary/aromatic N) is 3. The predicted molar refractivity (Wildman–Crippen MR) is 94.1 cm³/mol. The summed E-state index contributed by atoms with van der Waals surface area (Å²) in [6.45, 7) is 12.0. The molecule has 1 N–H and O–H groups in total. The summed E-state index contributed by atoms with van der Waals surface area (Å²) in [6.07, 6.45) is 1.16. The highest BCUT2D eigenvalue weighted by Gasteiger charge is 2.13. The Labute approximate surface area is 139 Å². The third-order valence-electron chi connectivity index (χ3n) is 4.17. The average molecular weight is 316 g/mol. The van der Waals surface area contributed by atoms with Crippen molar-refractivity contribution in [3.8, 4) is 11.8 Å². The highest BCUT2D eigenvalue weighted by Crippen LogP contribution is 2.24. The molecular weight excluding hydrogens is 288 g/mol. The molecule has 0 radical (unpaired) electrons. The molecule has 1 aliphatic rings. The molecular formula is C18H28N4O. The van der Waals surface area contributed by atoms with Crippen LogP contribution in [0.1, 0.15) is 25.8 Å². The van der Waals surface area contributed by atoms with E-state index in [4.69, 9.17) is 4.74 Å². The maximum Gasteiger partial charge on any atom is 0.122 e. The molecule has 0 amide bonds. The SMILES string of the molecule is CCCN(CC)CCOc1cc(C#N)cc(N2CCNCC2)c1. The number of piperazine rings is 1. The Morgan fingerprint density at radius 2 is 2.00 bits per heavy atom. The van der Waals surface area contributed by atoms with E-state index in [0.717, 1.165) is 63.7 Å². The molecule has 1 aromatic carbocycles. The molecule has 0 spiro atoms. The smallest absolute Gasteiger partial charge is 0.122 e. The van der Waals surface area contributed by atoms with Gasteiger partial charge < -0.3 is 19.9 Å². The Morgan fingerprint density at radius 1 is 1.22 bits per heavy atom. The quantitative estimate of drug-likeness (QED) is 0.796. The van der Waals surface area contributed by atoms with Crippen LogP contribution in [0.25, 0.3) is 0 Å². The van der Waals surface area contributed by atoms with Gasteiger partial charge in [-0.05, 0) is 31.6 Å². The number of hydrogen-bond donors (Lipinski definition) is 1. The number of nitriles is 1. The van der Waals surface area contributed by atoms with Crippen molar-refractivity contribution < 1.29 is 4.74 Å². The molecule has 0 atom stereocenters. The molecule has 1 heterocycles. The van der Waals surface area contributed by atoms with Crippen LogP contribution < -0.4 is 15.0 Å². The normalized spacial score (nSPS) is 14.8. The van der Waals surface area contributed by atoms with Crippen molar-refractivity contribution in [3.05, 3.63) is 23.8 Å². The standard InChI is InChI=1S/C18H28N4O/c1-3-7-21(4-2)10-11-23-18-13-16(15-19)12-17(14-18)22-8-5-20-6-9-22/h12-14,20H,3-11H2,1-2H3. The van der Waals surface area contributed by atoms with Gasteiger partial charge in [0.15, 0.2) is 0 Å². The fourth-order valence-electron chi connectivity index (χ4n) is 2.87. The van der Waals surface area contributed by atoms with Gasteiger partial charge in [0, 0.05) is 44.5 Å². The lowest BCUT2D eigenvalue weighted by molar-refractivity contribution is 0.216. The number of anilines is 1. The summed E-state index contributed by atoms with van der Waals surface area (Å²) in [5, 5.41) is 12.6. The van der Waals surface area contributed by atoms with Gasteiger partial charge in [0.25, 0.3) is 0 Å². The van der Waals surface area contributed by atoms with Crippen molar-refractivity contribution >= 4 is 5.69 Å². The zero-order chi connectivity index (χ0) is 16.5. The van der Waals surface area contributed by atoms with Gasteiger partial charge in [-0.25, -0.2) is 0 Å². The van der Waals surface area contributed by atoms with E-state index < -0.39 is 0 Å². The van der Waals surface area contributed by atoms with Crippen LogP contribution in [0.4, 0.5) is 5.69 Å². The van der Waals surface area contributed by atoms with Crippen molar-refractivity contribution in [2.75, 3.05) is 57.3 Å². The van der Waals surface area contributed by atoms with Gasteiger partial charge in [0.05, 0.1) is 11.6 Å². The Bertz CT molecular complexity index is 520. The van der Waals surface area contributed by atoms with Gasteiger partial charge in [-0.1, -0.05) is 13.8 Å². The number of likely N-dealkylation sites (N-methyl/N-ethyl adjacent to an activating group) is 1. The van der Waals surface area contributed by atoms with E-state index in [1.165, 1.54) is 0 Å². The van der Waals surface area contributed by atoms with E-state index in [-0.39, 0.29) is 0 Å². The second kappa shape index (κ2) is 9.39. The first kappa shape index (κ1) is 17.6. The van der Waals surface area contributed by atoms with Crippen molar-refractivity contribution in [2.45, 2.75) is 20.3 Å². The first-order chi connectivity index (χ1) is 11.3. The lowest BCUT2D eigenvalue weighted by Crippen LogP contribution is -2.43. The van der Waals surface area contributed by atoms with Crippen molar-refractivity contribution in [2.24, 2.45) is 0 Å². The van der Waals surface area contributed by atoms with Crippen LogP contribution in [-0.2, 0) is 0 Å². The molecule has 2 rings (SSSR count). The van der Waals surface area contributed by atoms with E-state index >= 15 is 0 Å². The Hall–Kier alpha value is -1.77.